The fourth-order valence-electron chi connectivity index (χ4n) is 4.38. The van der Waals surface area contributed by atoms with Crippen molar-refractivity contribution in [2.24, 2.45) is 23.7 Å². The number of carbonyl (C=O) groups is 2. The lowest BCUT2D eigenvalue weighted by atomic mass is 9.73. The van der Waals surface area contributed by atoms with E-state index in [1.54, 1.807) is 12.1 Å². The number of carbonyl (C=O) groups excluding carboxylic acids is 2. The maximum absolute atomic E-state index is 11.4. The summed E-state index contributed by atoms with van der Waals surface area (Å²) in [7, 11) is 0. The summed E-state index contributed by atoms with van der Waals surface area (Å²) in [6.45, 7) is 10.9. The van der Waals surface area contributed by atoms with Gasteiger partial charge in [0.25, 0.3) is 0 Å². The lowest BCUT2D eigenvalue weighted by Gasteiger charge is -2.30. The van der Waals surface area contributed by atoms with Crippen LogP contribution in [0.5, 0.6) is 11.5 Å². The van der Waals surface area contributed by atoms with Crippen LogP contribution in [0.4, 0.5) is 0 Å². The largest absolute Gasteiger partial charge is 0.493 e. The molecule has 0 bridgehead atoms. The van der Waals surface area contributed by atoms with Gasteiger partial charge in [-0.1, -0.05) is 75.2 Å². The van der Waals surface area contributed by atoms with Gasteiger partial charge in [-0.15, -0.1) is 0 Å². The Morgan fingerprint density at radius 1 is 0.919 bits per heavy atom. The van der Waals surface area contributed by atoms with Gasteiger partial charge in [0, 0.05) is 35.1 Å². The van der Waals surface area contributed by atoms with Crippen molar-refractivity contribution in [2.75, 3.05) is 6.61 Å². The van der Waals surface area contributed by atoms with E-state index in [-0.39, 0.29) is 29.8 Å². The molecule has 5 unspecified atom stereocenters. The van der Waals surface area contributed by atoms with Crippen LogP contribution in [0.1, 0.15) is 74.5 Å². The molecule has 0 radical (unpaired) electrons. The Labute approximate surface area is 221 Å². The first-order valence-electron chi connectivity index (χ1n) is 13.1. The summed E-state index contributed by atoms with van der Waals surface area (Å²) >= 11 is 0. The number of hydrogen-bond donors (Lipinski definition) is 0. The molecule has 0 heterocycles. The molecule has 0 aliphatic heterocycles. The van der Waals surface area contributed by atoms with Crippen LogP contribution in [0.2, 0.25) is 0 Å². The van der Waals surface area contributed by atoms with Gasteiger partial charge in [0.1, 0.15) is 24.1 Å². The van der Waals surface area contributed by atoms with E-state index >= 15 is 0 Å². The van der Waals surface area contributed by atoms with E-state index in [2.05, 4.69) is 57.5 Å². The van der Waals surface area contributed by atoms with Crippen LogP contribution >= 0.6 is 0 Å². The molecule has 2 aromatic rings. The van der Waals surface area contributed by atoms with Crippen molar-refractivity contribution < 1.29 is 19.1 Å². The molecule has 37 heavy (non-hydrogen) atoms. The monoisotopic (exact) mass is 496 g/mol. The van der Waals surface area contributed by atoms with Gasteiger partial charge in [-0.2, -0.15) is 0 Å². The number of rotatable bonds is 8. The summed E-state index contributed by atoms with van der Waals surface area (Å²) in [6.07, 6.45) is 7.84. The lowest BCUT2D eigenvalue weighted by molar-refractivity contribution is -0.111. The van der Waals surface area contributed by atoms with Crippen LogP contribution in [0.15, 0.2) is 48.6 Å². The molecule has 0 fully saturated rings. The highest BCUT2D eigenvalue weighted by atomic mass is 16.5. The van der Waals surface area contributed by atoms with Crippen molar-refractivity contribution in [3.63, 3.8) is 0 Å². The van der Waals surface area contributed by atoms with Crippen molar-refractivity contribution in [1.29, 1.82) is 0 Å². The Kier molecular flexibility index (Phi) is 10.2. The number of hydrogen-bond acceptors (Lipinski definition) is 4. The zero-order valence-corrected chi connectivity index (χ0v) is 22.4. The summed E-state index contributed by atoms with van der Waals surface area (Å²) in [5, 5.41) is 0. The van der Waals surface area contributed by atoms with Gasteiger partial charge < -0.3 is 14.3 Å². The molecule has 192 valence electrons. The average Bonchev–Trinajstić information content (AvgIpc) is 2.90. The molecule has 4 nitrogen and oxygen atoms in total. The summed E-state index contributed by atoms with van der Waals surface area (Å²) in [5.41, 5.74) is 2.90. The molecule has 0 amide bonds. The van der Waals surface area contributed by atoms with E-state index < -0.39 is 0 Å². The minimum atomic E-state index is -0.0566. The first-order chi connectivity index (χ1) is 17.9. The Hall–Kier alpha value is -3.76. The first-order valence-corrected chi connectivity index (χ1v) is 13.1. The molecular formula is C33H36O4. The molecule has 0 saturated heterocycles. The fourth-order valence-corrected chi connectivity index (χ4v) is 4.38. The Morgan fingerprint density at radius 2 is 1.62 bits per heavy atom. The van der Waals surface area contributed by atoms with E-state index in [1.807, 2.05) is 37.3 Å². The lowest BCUT2D eigenvalue weighted by Crippen LogP contribution is -2.27. The van der Waals surface area contributed by atoms with Crippen LogP contribution in [0.25, 0.3) is 0 Å². The normalized spacial score (nSPS) is 21.0. The second kappa shape index (κ2) is 13.5. The van der Waals surface area contributed by atoms with Crippen molar-refractivity contribution in [3.8, 4) is 35.2 Å². The molecule has 0 aromatic heterocycles. The van der Waals surface area contributed by atoms with Crippen LogP contribution in [0.3, 0.4) is 0 Å². The molecule has 5 atom stereocenters. The molecule has 1 aliphatic rings. The quantitative estimate of drug-likeness (QED) is 0.238. The summed E-state index contributed by atoms with van der Waals surface area (Å²) in [4.78, 5) is 22.3. The van der Waals surface area contributed by atoms with Gasteiger partial charge >= 0.3 is 0 Å². The van der Waals surface area contributed by atoms with Crippen LogP contribution in [0, 0.1) is 47.4 Å². The summed E-state index contributed by atoms with van der Waals surface area (Å²) < 4.78 is 12.3. The molecule has 3 rings (SSSR count). The van der Waals surface area contributed by atoms with E-state index in [0.29, 0.717) is 23.7 Å². The van der Waals surface area contributed by atoms with Crippen LogP contribution in [-0.2, 0) is 4.79 Å². The van der Waals surface area contributed by atoms with Gasteiger partial charge in [-0.05, 0) is 44.2 Å². The molecule has 1 aliphatic carbocycles. The van der Waals surface area contributed by atoms with Gasteiger partial charge in [-0.25, -0.2) is 0 Å². The predicted molar refractivity (Wildman–Crippen MR) is 148 cm³/mol. The third kappa shape index (κ3) is 7.37. The predicted octanol–water partition coefficient (Wildman–Crippen LogP) is 6.49. The third-order valence-electron chi connectivity index (χ3n) is 6.87. The Morgan fingerprint density at radius 3 is 2.27 bits per heavy atom. The molecule has 4 heteroatoms. The van der Waals surface area contributed by atoms with Crippen molar-refractivity contribution >= 4 is 12.6 Å². The summed E-state index contributed by atoms with van der Waals surface area (Å²) in [5.74, 6) is 15.0. The summed E-state index contributed by atoms with van der Waals surface area (Å²) in [6, 6.07) is 11.0. The number of benzene rings is 2. The van der Waals surface area contributed by atoms with Crippen molar-refractivity contribution in [2.45, 2.75) is 53.6 Å². The Balaban J connectivity index is 2.03. The fraction of sp³-hybridized carbons (Fsp3) is 0.394. The van der Waals surface area contributed by atoms with Crippen LogP contribution in [-0.4, -0.2) is 25.3 Å². The highest BCUT2D eigenvalue weighted by molar-refractivity contribution is 5.75. The highest BCUT2D eigenvalue weighted by Gasteiger charge is 2.29. The second-order valence-corrected chi connectivity index (χ2v) is 9.60. The minimum absolute atomic E-state index is 0.0297. The SMILES string of the molecule is CCCC(C)Oc1cc(C#Cc2ccc(C=O)cc2)c(OCC)cc1C#CC1C=CC(C=O)C(C)C1C. The molecule has 0 N–H and O–H groups in total. The highest BCUT2D eigenvalue weighted by Crippen LogP contribution is 2.34. The smallest absolute Gasteiger partial charge is 0.150 e. The molecule has 0 saturated carbocycles. The van der Waals surface area contributed by atoms with E-state index in [0.717, 1.165) is 42.1 Å². The second-order valence-electron chi connectivity index (χ2n) is 9.60. The van der Waals surface area contributed by atoms with Gasteiger partial charge in [0.15, 0.2) is 0 Å². The number of aldehydes is 2. The zero-order valence-electron chi connectivity index (χ0n) is 22.4. The molecule has 0 spiro atoms. The number of allylic oxidation sites excluding steroid dienone is 2. The maximum Gasteiger partial charge on any atom is 0.150 e. The third-order valence-corrected chi connectivity index (χ3v) is 6.87. The first kappa shape index (κ1) is 27.8. The van der Waals surface area contributed by atoms with Crippen molar-refractivity contribution in [1.82, 2.24) is 0 Å². The van der Waals surface area contributed by atoms with Gasteiger partial charge in [0.2, 0.25) is 0 Å². The van der Waals surface area contributed by atoms with E-state index in [9.17, 15) is 9.59 Å². The number of ether oxygens (including phenoxy) is 2. The Bertz CT molecular complexity index is 1230. The van der Waals surface area contributed by atoms with E-state index in [1.165, 1.54) is 0 Å². The average molecular weight is 497 g/mol. The zero-order chi connectivity index (χ0) is 26.8. The van der Waals surface area contributed by atoms with Gasteiger partial charge in [-0.3, -0.25) is 4.79 Å². The minimum Gasteiger partial charge on any atom is -0.493 e. The van der Waals surface area contributed by atoms with Crippen molar-refractivity contribution in [3.05, 3.63) is 70.8 Å². The molecule has 2 aromatic carbocycles. The van der Waals surface area contributed by atoms with E-state index in [4.69, 9.17) is 9.47 Å². The molecular weight excluding hydrogens is 460 g/mol. The maximum atomic E-state index is 11.4. The topological polar surface area (TPSA) is 52.6 Å². The van der Waals surface area contributed by atoms with Crippen LogP contribution < -0.4 is 9.47 Å². The standard InChI is InChI=1S/C33H36O4/c1-6-8-23(3)37-33-20-29(14-13-26-9-11-27(21-34)12-10-26)32(36-7-2)19-30(33)17-15-28-16-18-31(22-35)25(5)24(28)4/h9-12,16,18-25,28,31H,6-8H2,1-5H3. The van der Waals surface area contributed by atoms with Gasteiger partial charge in [0.05, 0.1) is 23.8 Å².